The molecule has 0 aliphatic carbocycles. The molecule has 2 rings (SSSR count). The minimum atomic E-state index is 0.249. The van der Waals surface area contributed by atoms with Crippen LogP contribution in [0.15, 0.2) is 30.5 Å². The molecule has 2 aromatic rings. The zero-order chi connectivity index (χ0) is 13.7. The number of methoxy groups -OCH3 is 1. The van der Waals surface area contributed by atoms with Crippen LogP contribution in [0, 0.1) is 0 Å². The molecule has 3 nitrogen and oxygen atoms in total. The van der Waals surface area contributed by atoms with Gasteiger partial charge < -0.3 is 10.1 Å². The van der Waals surface area contributed by atoms with E-state index in [-0.39, 0.29) is 6.04 Å². The van der Waals surface area contributed by atoms with Crippen molar-refractivity contribution in [3.63, 3.8) is 0 Å². The lowest BCUT2D eigenvalue weighted by molar-refractivity contribution is 0.396. The maximum absolute atomic E-state index is 5.88. The van der Waals surface area contributed by atoms with Crippen LogP contribution in [0.4, 0.5) is 0 Å². The molecule has 0 aliphatic rings. The van der Waals surface area contributed by atoms with Crippen molar-refractivity contribution in [3.8, 4) is 5.75 Å². The van der Waals surface area contributed by atoms with E-state index >= 15 is 0 Å². The maximum Gasteiger partial charge on any atom is 0.123 e. The largest absolute Gasteiger partial charge is 0.496 e. The molecule has 5 heteroatoms. The zero-order valence-electron chi connectivity index (χ0n) is 11.0. The Bertz CT molecular complexity index is 530. The quantitative estimate of drug-likeness (QED) is 0.873. The monoisotopic (exact) mass is 296 g/mol. The van der Waals surface area contributed by atoms with E-state index in [2.05, 4.69) is 23.3 Å². The molecular formula is C14H17ClN2OS. The van der Waals surface area contributed by atoms with Gasteiger partial charge in [0.05, 0.1) is 13.3 Å². The van der Waals surface area contributed by atoms with Crippen LogP contribution in [0.1, 0.15) is 30.0 Å². The number of nitrogens with zero attached hydrogens (tertiary/aromatic N) is 1. The summed E-state index contributed by atoms with van der Waals surface area (Å²) in [6.45, 7) is 2.87. The third-order valence-corrected chi connectivity index (χ3v) is 4.06. The fourth-order valence-corrected chi connectivity index (χ4v) is 2.92. The van der Waals surface area contributed by atoms with Gasteiger partial charge in [0.25, 0.3) is 0 Å². The fraction of sp³-hybridized carbons (Fsp3) is 0.357. The van der Waals surface area contributed by atoms with Gasteiger partial charge in [0.2, 0.25) is 0 Å². The Kier molecular flexibility index (Phi) is 5.19. The van der Waals surface area contributed by atoms with Gasteiger partial charge in [-0.05, 0) is 12.5 Å². The molecule has 1 atom stereocenters. The molecule has 1 unspecified atom stereocenters. The molecule has 19 heavy (non-hydrogen) atoms. The van der Waals surface area contributed by atoms with E-state index in [1.807, 2.05) is 18.2 Å². The van der Waals surface area contributed by atoms with Gasteiger partial charge >= 0.3 is 0 Å². The minimum Gasteiger partial charge on any atom is -0.496 e. The third kappa shape index (κ3) is 3.69. The van der Waals surface area contributed by atoms with Gasteiger partial charge in [-0.15, -0.1) is 11.3 Å². The Hall–Kier alpha value is -1.10. The summed E-state index contributed by atoms with van der Waals surface area (Å²) in [5, 5.41) is 4.50. The number of hydrogen-bond donors (Lipinski definition) is 1. The molecule has 0 saturated heterocycles. The second-order valence-electron chi connectivity index (χ2n) is 4.14. The molecule has 1 aromatic heterocycles. The summed E-state index contributed by atoms with van der Waals surface area (Å²) in [5.74, 6) is 0.916. The highest BCUT2D eigenvalue weighted by atomic mass is 35.5. The number of nitrogens with one attached hydrogen (secondary N) is 1. The van der Waals surface area contributed by atoms with Crippen molar-refractivity contribution in [1.82, 2.24) is 10.3 Å². The summed E-state index contributed by atoms with van der Waals surface area (Å²) in [6, 6.07) is 8.34. The van der Waals surface area contributed by atoms with Crippen molar-refractivity contribution in [2.45, 2.75) is 25.9 Å². The zero-order valence-corrected chi connectivity index (χ0v) is 12.6. The minimum absolute atomic E-state index is 0.249. The first-order chi connectivity index (χ1) is 9.24. The second-order valence-corrected chi connectivity index (χ2v) is 5.89. The van der Waals surface area contributed by atoms with Crippen LogP contribution >= 0.6 is 22.9 Å². The number of hydrogen-bond acceptors (Lipinski definition) is 4. The molecule has 0 spiro atoms. The summed E-state index contributed by atoms with van der Waals surface area (Å²) in [7, 11) is 1.70. The second kappa shape index (κ2) is 6.89. The summed E-state index contributed by atoms with van der Waals surface area (Å²) in [6.07, 6.45) is 2.67. The third-order valence-electron chi connectivity index (χ3n) is 2.95. The SMILES string of the molecule is CCC(NCc1ncc(Cl)s1)c1ccccc1OC. The summed E-state index contributed by atoms with van der Waals surface area (Å²) in [5.41, 5.74) is 1.18. The Labute approximate surface area is 122 Å². The van der Waals surface area contributed by atoms with Crippen molar-refractivity contribution < 1.29 is 4.74 Å². The number of ether oxygens (including phenoxy) is 1. The first-order valence-electron chi connectivity index (χ1n) is 6.21. The summed E-state index contributed by atoms with van der Waals surface area (Å²) < 4.78 is 6.13. The van der Waals surface area contributed by atoms with Crippen LogP contribution in [0.2, 0.25) is 4.34 Å². The Morgan fingerprint density at radius 1 is 1.42 bits per heavy atom. The van der Waals surface area contributed by atoms with Crippen molar-refractivity contribution >= 4 is 22.9 Å². The van der Waals surface area contributed by atoms with Crippen molar-refractivity contribution in [2.24, 2.45) is 0 Å². The van der Waals surface area contributed by atoms with E-state index in [4.69, 9.17) is 16.3 Å². The first-order valence-corrected chi connectivity index (χ1v) is 7.40. The van der Waals surface area contributed by atoms with Crippen LogP contribution in [-0.4, -0.2) is 12.1 Å². The normalized spacial score (nSPS) is 12.4. The number of aromatic nitrogens is 1. The molecule has 1 aromatic carbocycles. The average molecular weight is 297 g/mol. The average Bonchev–Trinajstić information content (AvgIpc) is 2.86. The van der Waals surface area contributed by atoms with Gasteiger partial charge in [-0.25, -0.2) is 4.98 Å². The van der Waals surface area contributed by atoms with E-state index in [1.54, 1.807) is 13.3 Å². The molecule has 1 N–H and O–H groups in total. The number of thiazole rings is 1. The number of rotatable bonds is 6. The Morgan fingerprint density at radius 3 is 2.84 bits per heavy atom. The smallest absolute Gasteiger partial charge is 0.123 e. The molecule has 102 valence electrons. The molecule has 0 saturated carbocycles. The van der Waals surface area contributed by atoms with E-state index in [9.17, 15) is 0 Å². The Morgan fingerprint density at radius 2 is 2.21 bits per heavy atom. The van der Waals surface area contributed by atoms with Crippen LogP contribution in [0.5, 0.6) is 5.75 Å². The summed E-state index contributed by atoms with van der Waals surface area (Å²) in [4.78, 5) is 4.25. The standard InChI is InChI=1S/C14H17ClN2OS/c1-3-11(10-6-4-5-7-12(10)18-2)16-9-14-17-8-13(15)19-14/h4-8,11,16H,3,9H2,1-2H3. The molecule has 0 fully saturated rings. The molecule has 0 aliphatic heterocycles. The predicted molar refractivity (Wildman–Crippen MR) is 80.0 cm³/mol. The summed E-state index contributed by atoms with van der Waals surface area (Å²) >= 11 is 7.39. The van der Waals surface area contributed by atoms with Crippen molar-refractivity contribution in [2.75, 3.05) is 7.11 Å². The van der Waals surface area contributed by atoms with E-state index < -0.39 is 0 Å². The number of halogens is 1. The van der Waals surface area contributed by atoms with E-state index in [0.717, 1.165) is 21.5 Å². The van der Waals surface area contributed by atoms with Gasteiger partial charge in [-0.2, -0.15) is 0 Å². The molecule has 0 radical (unpaired) electrons. The lowest BCUT2D eigenvalue weighted by Crippen LogP contribution is -2.20. The molecule has 1 heterocycles. The van der Waals surface area contributed by atoms with Crippen molar-refractivity contribution in [1.29, 1.82) is 0 Å². The van der Waals surface area contributed by atoms with Gasteiger partial charge in [0.15, 0.2) is 0 Å². The number of benzene rings is 1. The van der Waals surface area contributed by atoms with Gasteiger partial charge in [0.1, 0.15) is 15.1 Å². The first kappa shape index (κ1) is 14.3. The van der Waals surface area contributed by atoms with Crippen LogP contribution < -0.4 is 10.1 Å². The van der Waals surface area contributed by atoms with Crippen LogP contribution in [0.3, 0.4) is 0 Å². The van der Waals surface area contributed by atoms with Gasteiger partial charge in [0, 0.05) is 18.2 Å². The molecular weight excluding hydrogens is 280 g/mol. The fourth-order valence-electron chi connectivity index (χ4n) is 2.01. The lowest BCUT2D eigenvalue weighted by Gasteiger charge is -2.19. The highest BCUT2D eigenvalue weighted by Crippen LogP contribution is 2.27. The van der Waals surface area contributed by atoms with E-state index in [0.29, 0.717) is 6.54 Å². The topological polar surface area (TPSA) is 34.2 Å². The molecule has 0 amide bonds. The Balaban J connectivity index is 2.07. The van der Waals surface area contributed by atoms with E-state index in [1.165, 1.54) is 16.9 Å². The maximum atomic E-state index is 5.88. The van der Waals surface area contributed by atoms with Gasteiger partial charge in [-0.3, -0.25) is 0 Å². The number of para-hydroxylation sites is 1. The van der Waals surface area contributed by atoms with Crippen LogP contribution in [0.25, 0.3) is 0 Å². The van der Waals surface area contributed by atoms with Crippen LogP contribution in [-0.2, 0) is 6.54 Å². The highest BCUT2D eigenvalue weighted by Gasteiger charge is 2.14. The molecule has 0 bridgehead atoms. The van der Waals surface area contributed by atoms with Crippen molar-refractivity contribution in [3.05, 3.63) is 45.4 Å². The lowest BCUT2D eigenvalue weighted by atomic mass is 10.0. The van der Waals surface area contributed by atoms with Gasteiger partial charge in [-0.1, -0.05) is 36.7 Å². The predicted octanol–water partition coefficient (Wildman–Crippen LogP) is 4.05. The highest BCUT2D eigenvalue weighted by molar-refractivity contribution is 7.15.